The molecule has 1 aromatic rings. The number of carbonyl (C=O) groups is 1. The van der Waals surface area contributed by atoms with Crippen LogP contribution in [-0.4, -0.2) is 20.2 Å². The third kappa shape index (κ3) is 3.13. The summed E-state index contributed by atoms with van der Waals surface area (Å²) in [5, 5.41) is 0. The van der Waals surface area contributed by atoms with Gasteiger partial charge in [-0.25, -0.2) is 4.79 Å². The molecule has 0 atom stereocenters. The Morgan fingerprint density at radius 1 is 1.20 bits per heavy atom. The van der Waals surface area contributed by atoms with Crippen LogP contribution in [0.15, 0.2) is 30.3 Å². The molecule has 0 aliphatic heterocycles. The van der Waals surface area contributed by atoms with E-state index in [2.05, 4.69) is 4.74 Å². The maximum absolute atomic E-state index is 11.0. The van der Waals surface area contributed by atoms with Gasteiger partial charge in [0.25, 0.3) is 0 Å². The van der Waals surface area contributed by atoms with Gasteiger partial charge in [-0.15, -0.1) is 0 Å². The summed E-state index contributed by atoms with van der Waals surface area (Å²) in [6.07, 6.45) is 1.46. The molecule has 0 radical (unpaired) electrons. The molecule has 0 bridgehead atoms. The van der Waals surface area contributed by atoms with Crippen molar-refractivity contribution < 1.29 is 14.3 Å². The Kier molecular flexibility index (Phi) is 3.92. The van der Waals surface area contributed by atoms with Crippen molar-refractivity contribution in [3.05, 3.63) is 35.9 Å². The Morgan fingerprint density at radius 3 is 2.27 bits per heavy atom. The Bertz CT molecular complexity index is 363. The number of esters is 1. The van der Waals surface area contributed by atoms with E-state index in [-0.39, 0.29) is 5.97 Å². The fourth-order valence-corrected chi connectivity index (χ4v) is 1.17. The van der Waals surface area contributed by atoms with Crippen LogP contribution in [0.1, 0.15) is 12.5 Å². The number of rotatable bonds is 3. The molecule has 0 aliphatic carbocycles. The summed E-state index contributed by atoms with van der Waals surface area (Å²) in [5.74, 6) is 0.452. The van der Waals surface area contributed by atoms with Gasteiger partial charge in [0.05, 0.1) is 14.2 Å². The van der Waals surface area contributed by atoms with Gasteiger partial charge in [-0.3, -0.25) is 0 Å². The zero-order chi connectivity index (χ0) is 11.3. The highest BCUT2D eigenvalue weighted by Crippen LogP contribution is 2.17. The minimum atomic E-state index is -0.344. The lowest BCUT2D eigenvalue weighted by molar-refractivity contribution is -0.134. The largest absolute Gasteiger partial charge is 0.497 e. The molecule has 0 saturated heterocycles. The Morgan fingerprint density at radius 2 is 1.80 bits per heavy atom. The fourth-order valence-electron chi connectivity index (χ4n) is 1.17. The third-order valence-electron chi connectivity index (χ3n) is 2.08. The Labute approximate surface area is 89.3 Å². The maximum atomic E-state index is 11.0. The summed E-state index contributed by atoms with van der Waals surface area (Å²) >= 11 is 0. The molecule has 0 heterocycles. The van der Waals surface area contributed by atoms with Crippen molar-refractivity contribution >= 4 is 11.5 Å². The molecule has 15 heavy (non-hydrogen) atoms. The topological polar surface area (TPSA) is 35.5 Å². The highest BCUT2D eigenvalue weighted by atomic mass is 16.5. The molecule has 3 heteroatoms. The number of methoxy groups -OCH3 is 2. The van der Waals surface area contributed by atoms with Crippen molar-refractivity contribution in [2.24, 2.45) is 0 Å². The van der Waals surface area contributed by atoms with Crippen LogP contribution in [0.25, 0.3) is 5.57 Å². The molecule has 3 nitrogen and oxygen atoms in total. The van der Waals surface area contributed by atoms with E-state index in [0.29, 0.717) is 0 Å². The van der Waals surface area contributed by atoms with E-state index in [0.717, 1.165) is 16.9 Å². The minimum absolute atomic E-state index is 0.344. The van der Waals surface area contributed by atoms with E-state index in [9.17, 15) is 4.79 Å². The van der Waals surface area contributed by atoms with Crippen molar-refractivity contribution in [1.82, 2.24) is 0 Å². The summed E-state index contributed by atoms with van der Waals surface area (Å²) in [4.78, 5) is 11.0. The number of carbonyl (C=O) groups excluding carboxylic acids is 1. The van der Waals surface area contributed by atoms with Gasteiger partial charge in [0.15, 0.2) is 0 Å². The molecule has 0 amide bonds. The molecule has 1 rings (SSSR count). The van der Waals surface area contributed by atoms with Crippen LogP contribution in [0.5, 0.6) is 5.75 Å². The standard InChI is InChI=1S/C12H14O3/c1-9(8-12(13)15-3)10-4-6-11(14-2)7-5-10/h4-8H,1-3H3. The summed E-state index contributed by atoms with van der Waals surface area (Å²) < 4.78 is 9.59. The van der Waals surface area contributed by atoms with Gasteiger partial charge >= 0.3 is 5.97 Å². The fraction of sp³-hybridized carbons (Fsp3) is 0.250. The minimum Gasteiger partial charge on any atom is -0.497 e. The molecule has 0 unspecified atom stereocenters. The zero-order valence-electron chi connectivity index (χ0n) is 9.11. The first-order valence-electron chi connectivity index (χ1n) is 4.58. The van der Waals surface area contributed by atoms with E-state index < -0.39 is 0 Å². The van der Waals surface area contributed by atoms with E-state index in [1.165, 1.54) is 13.2 Å². The lowest BCUT2D eigenvalue weighted by Crippen LogP contribution is -1.95. The highest BCUT2D eigenvalue weighted by Gasteiger charge is 2.00. The SMILES string of the molecule is COC(=O)C=C(C)c1ccc(OC)cc1. The second-order valence-corrected chi connectivity index (χ2v) is 3.08. The van der Waals surface area contributed by atoms with Crippen molar-refractivity contribution in [1.29, 1.82) is 0 Å². The van der Waals surface area contributed by atoms with Crippen LogP contribution in [0.3, 0.4) is 0 Å². The van der Waals surface area contributed by atoms with Gasteiger partial charge in [0.2, 0.25) is 0 Å². The molecule has 0 aromatic heterocycles. The third-order valence-corrected chi connectivity index (χ3v) is 2.08. The predicted molar refractivity (Wildman–Crippen MR) is 58.7 cm³/mol. The first-order valence-corrected chi connectivity index (χ1v) is 4.58. The number of hydrogen-bond acceptors (Lipinski definition) is 3. The Balaban J connectivity index is 2.87. The number of ether oxygens (including phenoxy) is 2. The van der Waals surface area contributed by atoms with Gasteiger partial charge < -0.3 is 9.47 Å². The second-order valence-electron chi connectivity index (χ2n) is 3.08. The average molecular weight is 206 g/mol. The smallest absolute Gasteiger partial charge is 0.330 e. The van der Waals surface area contributed by atoms with Crippen LogP contribution in [0, 0.1) is 0 Å². The lowest BCUT2D eigenvalue weighted by Gasteiger charge is -2.03. The average Bonchev–Trinajstić information content (AvgIpc) is 2.29. The van der Waals surface area contributed by atoms with Crippen LogP contribution >= 0.6 is 0 Å². The Hall–Kier alpha value is -1.77. The molecule has 0 N–H and O–H groups in total. The lowest BCUT2D eigenvalue weighted by atomic mass is 10.1. The number of benzene rings is 1. The molecule has 1 aromatic carbocycles. The normalized spacial score (nSPS) is 11.0. The molecular formula is C12H14O3. The summed E-state index contributed by atoms with van der Waals surface area (Å²) in [7, 11) is 2.98. The van der Waals surface area contributed by atoms with Crippen molar-refractivity contribution in [3.8, 4) is 5.75 Å². The van der Waals surface area contributed by atoms with E-state index >= 15 is 0 Å². The first kappa shape index (κ1) is 11.3. The van der Waals surface area contributed by atoms with Crippen LogP contribution in [-0.2, 0) is 9.53 Å². The van der Waals surface area contributed by atoms with E-state index in [1.54, 1.807) is 7.11 Å². The first-order chi connectivity index (χ1) is 7.17. The predicted octanol–water partition coefficient (Wildman–Crippen LogP) is 2.27. The molecule has 0 spiro atoms. The summed E-state index contributed by atoms with van der Waals surface area (Å²) in [6, 6.07) is 7.50. The van der Waals surface area contributed by atoms with Gasteiger partial charge in [0.1, 0.15) is 5.75 Å². The van der Waals surface area contributed by atoms with Gasteiger partial charge in [0, 0.05) is 6.08 Å². The van der Waals surface area contributed by atoms with Crippen LogP contribution in [0.4, 0.5) is 0 Å². The molecule has 0 saturated carbocycles. The van der Waals surface area contributed by atoms with Crippen molar-refractivity contribution in [3.63, 3.8) is 0 Å². The van der Waals surface area contributed by atoms with E-state index in [1.807, 2.05) is 31.2 Å². The highest BCUT2D eigenvalue weighted by molar-refractivity contribution is 5.90. The monoisotopic (exact) mass is 206 g/mol. The number of hydrogen-bond donors (Lipinski definition) is 0. The number of allylic oxidation sites excluding steroid dienone is 1. The molecule has 80 valence electrons. The van der Waals surface area contributed by atoms with Gasteiger partial charge in [-0.1, -0.05) is 12.1 Å². The maximum Gasteiger partial charge on any atom is 0.330 e. The van der Waals surface area contributed by atoms with Crippen molar-refractivity contribution in [2.45, 2.75) is 6.92 Å². The van der Waals surface area contributed by atoms with Crippen molar-refractivity contribution in [2.75, 3.05) is 14.2 Å². The van der Waals surface area contributed by atoms with Crippen LogP contribution in [0.2, 0.25) is 0 Å². The summed E-state index contributed by atoms with van der Waals surface area (Å²) in [6.45, 7) is 1.86. The van der Waals surface area contributed by atoms with E-state index in [4.69, 9.17) is 4.74 Å². The zero-order valence-corrected chi connectivity index (χ0v) is 9.11. The van der Waals surface area contributed by atoms with Gasteiger partial charge in [-0.2, -0.15) is 0 Å². The summed E-state index contributed by atoms with van der Waals surface area (Å²) in [5.41, 5.74) is 1.84. The quantitative estimate of drug-likeness (QED) is 0.562. The molecular weight excluding hydrogens is 192 g/mol. The van der Waals surface area contributed by atoms with Gasteiger partial charge in [-0.05, 0) is 30.2 Å². The van der Waals surface area contributed by atoms with Crippen LogP contribution < -0.4 is 4.74 Å². The second kappa shape index (κ2) is 5.20. The molecule has 0 fully saturated rings. The molecule has 0 aliphatic rings.